The summed E-state index contributed by atoms with van der Waals surface area (Å²) in [5.74, 6) is 2.60. The van der Waals surface area contributed by atoms with Gasteiger partial charge in [0, 0.05) is 36.7 Å². The van der Waals surface area contributed by atoms with Gasteiger partial charge in [-0.3, -0.25) is 4.79 Å². The van der Waals surface area contributed by atoms with Gasteiger partial charge in [0.2, 0.25) is 0 Å². The summed E-state index contributed by atoms with van der Waals surface area (Å²) < 4.78 is 7.31. The van der Waals surface area contributed by atoms with Crippen molar-refractivity contribution in [3.8, 4) is 11.5 Å². The number of Topliss-reactive ketones (excluding diaryl/α,β-unsaturated/α-hetero) is 1. The fraction of sp³-hybridized carbons (Fsp3) is 0.667. The number of likely N-dealkylation sites (N-methyl/N-ethyl adjacent to an activating group) is 1. The van der Waals surface area contributed by atoms with Gasteiger partial charge in [0.15, 0.2) is 11.9 Å². The molecule has 3 fully saturated rings. The Morgan fingerprint density at radius 1 is 1.32 bits per heavy atom. The highest BCUT2D eigenvalue weighted by molar-refractivity contribution is 5.88. The minimum atomic E-state index is -0.334. The Kier molecular flexibility index (Phi) is 2.57. The van der Waals surface area contributed by atoms with Crippen LogP contribution < -0.4 is 9.84 Å². The number of quaternary nitrogens is 1. The molecular formula is C21H25NO3. The Hall–Kier alpha value is -1.55. The molecule has 4 heteroatoms. The van der Waals surface area contributed by atoms with E-state index in [1.807, 2.05) is 6.07 Å². The molecule has 3 aliphatic carbocycles. The first kappa shape index (κ1) is 14.6. The molecule has 2 saturated carbocycles. The van der Waals surface area contributed by atoms with Crippen molar-refractivity contribution in [3.63, 3.8) is 0 Å². The van der Waals surface area contributed by atoms with Crippen LogP contribution in [0, 0.1) is 11.8 Å². The molecule has 25 heavy (non-hydrogen) atoms. The van der Waals surface area contributed by atoms with Gasteiger partial charge in [0.25, 0.3) is 0 Å². The van der Waals surface area contributed by atoms with Crippen LogP contribution in [0.1, 0.15) is 43.2 Å². The fourth-order valence-corrected chi connectivity index (χ4v) is 6.91. The number of likely N-dealkylation sites (tertiary alicyclic amines) is 1. The van der Waals surface area contributed by atoms with Crippen LogP contribution in [0.4, 0.5) is 0 Å². The molecule has 0 amide bonds. The van der Waals surface area contributed by atoms with E-state index in [9.17, 15) is 9.90 Å². The number of piperidine rings is 1. The molecule has 1 aromatic carbocycles. The van der Waals surface area contributed by atoms with Gasteiger partial charge in [-0.05, 0) is 30.9 Å². The molecule has 1 aromatic rings. The highest BCUT2D eigenvalue weighted by atomic mass is 16.5. The first-order chi connectivity index (χ1) is 12.0. The van der Waals surface area contributed by atoms with Crippen molar-refractivity contribution in [1.82, 2.24) is 0 Å². The lowest BCUT2D eigenvalue weighted by Gasteiger charge is -2.60. The highest BCUT2D eigenvalue weighted by Gasteiger charge is 2.68. The summed E-state index contributed by atoms with van der Waals surface area (Å²) in [6.07, 6.45) is 5.90. The van der Waals surface area contributed by atoms with E-state index in [0.29, 0.717) is 18.4 Å². The summed E-state index contributed by atoms with van der Waals surface area (Å²) in [6, 6.07) is 3.96. The van der Waals surface area contributed by atoms with Crippen LogP contribution in [0.15, 0.2) is 12.1 Å². The third-order valence-corrected chi connectivity index (χ3v) is 8.15. The van der Waals surface area contributed by atoms with Gasteiger partial charge in [0.05, 0.1) is 31.6 Å². The van der Waals surface area contributed by atoms with Crippen molar-refractivity contribution in [2.75, 3.05) is 20.1 Å². The fourth-order valence-electron chi connectivity index (χ4n) is 6.91. The van der Waals surface area contributed by atoms with E-state index in [2.05, 4.69) is 7.05 Å². The predicted molar refractivity (Wildman–Crippen MR) is 90.5 cm³/mol. The summed E-state index contributed by atoms with van der Waals surface area (Å²) in [4.78, 5) is 12.7. The second-order valence-electron chi connectivity index (χ2n) is 9.42. The Morgan fingerprint density at radius 3 is 2.96 bits per heavy atom. The van der Waals surface area contributed by atoms with Crippen molar-refractivity contribution in [2.24, 2.45) is 11.8 Å². The third-order valence-electron chi connectivity index (χ3n) is 8.15. The van der Waals surface area contributed by atoms with Crippen LogP contribution in [0.3, 0.4) is 0 Å². The second kappa shape index (κ2) is 4.40. The molecule has 2 aliphatic heterocycles. The molecule has 132 valence electrons. The third kappa shape index (κ3) is 1.65. The molecule has 2 bridgehead atoms. The Labute approximate surface area is 148 Å². The van der Waals surface area contributed by atoms with Crippen molar-refractivity contribution in [3.05, 3.63) is 23.3 Å². The van der Waals surface area contributed by atoms with Crippen LogP contribution in [-0.4, -0.2) is 42.5 Å². The number of ether oxygens (including phenoxy) is 1. The molecule has 0 N–H and O–H groups in total. The monoisotopic (exact) mass is 339 g/mol. The Balaban J connectivity index is 1.56. The number of hydrogen-bond acceptors (Lipinski definition) is 3. The lowest BCUT2D eigenvalue weighted by atomic mass is 9.51. The van der Waals surface area contributed by atoms with Crippen LogP contribution in [0.2, 0.25) is 0 Å². The molecule has 1 unspecified atom stereocenters. The van der Waals surface area contributed by atoms with E-state index in [4.69, 9.17) is 4.74 Å². The molecule has 6 rings (SSSR count). The summed E-state index contributed by atoms with van der Waals surface area (Å²) in [7, 11) is 2.41. The molecule has 2 heterocycles. The van der Waals surface area contributed by atoms with Crippen molar-refractivity contribution >= 4 is 5.78 Å². The SMILES string of the molecule is C[N@@+]1(CC2CC2)CC[C@]23c4c5ccc([O-])c4C[C@H]1[C@@H]2CCC(=O)C3O5. The molecule has 0 aromatic heterocycles. The number of ketones is 1. The van der Waals surface area contributed by atoms with Crippen molar-refractivity contribution in [1.29, 1.82) is 0 Å². The molecular weight excluding hydrogens is 314 g/mol. The summed E-state index contributed by atoms with van der Waals surface area (Å²) >= 11 is 0. The Morgan fingerprint density at radius 2 is 2.16 bits per heavy atom. The van der Waals surface area contributed by atoms with Crippen molar-refractivity contribution in [2.45, 2.75) is 56.1 Å². The lowest BCUT2D eigenvalue weighted by Crippen LogP contribution is -2.72. The zero-order valence-corrected chi connectivity index (χ0v) is 14.8. The van der Waals surface area contributed by atoms with Crippen LogP contribution in [-0.2, 0) is 16.6 Å². The van der Waals surface area contributed by atoms with E-state index in [-0.39, 0.29) is 23.1 Å². The van der Waals surface area contributed by atoms with Gasteiger partial charge < -0.3 is 14.3 Å². The number of rotatable bonds is 2. The molecule has 1 spiro atoms. The van der Waals surface area contributed by atoms with Gasteiger partial charge in [-0.1, -0.05) is 6.07 Å². The predicted octanol–water partition coefficient (Wildman–Crippen LogP) is 1.92. The number of nitrogens with zero attached hydrogens (tertiary/aromatic N) is 1. The summed E-state index contributed by atoms with van der Waals surface area (Å²) in [5, 5.41) is 12.7. The number of carbonyl (C=O) groups is 1. The van der Waals surface area contributed by atoms with E-state index in [0.717, 1.165) is 53.1 Å². The smallest absolute Gasteiger partial charge is 0.174 e. The van der Waals surface area contributed by atoms with Gasteiger partial charge >= 0.3 is 0 Å². The summed E-state index contributed by atoms with van der Waals surface area (Å²) in [5.41, 5.74) is 1.90. The van der Waals surface area contributed by atoms with Gasteiger partial charge in [-0.2, -0.15) is 0 Å². The molecule has 1 saturated heterocycles. The first-order valence-corrected chi connectivity index (χ1v) is 9.90. The molecule has 5 aliphatic rings. The largest absolute Gasteiger partial charge is 0.872 e. The van der Waals surface area contributed by atoms with Crippen LogP contribution >= 0.6 is 0 Å². The standard InChI is InChI=1S/C21H25NO3/c1-22(11-12-2-3-12)9-8-21-14-4-5-17(24)20(21)25-18-7-6-16(23)13(19(18)21)10-15(14)22/h6-7,12,14-15,20H,2-5,8-11H2,1H3/t14-,15-,20?,21+,22-/m0/s1. The van der Waals surface area contributed by atoms with Gasteiger partial charge in [-0.25, -0.2) is 0 Å². The zero-order valence-electron chi connectivity index (χ0n) is 14.8. The van der Waals surface area contributed by atoms with Gasteiger partial charge in [0.1, 0.15) is 5.75 Å². The van der Waals surface area contributed by atoms with E-state index in [1.165, 1.54) is 19.4 Å². The maximum Gasteiger partial charge on any atom is 0.174 e. The maximum absolute atomic E-state index is 12.7. The Bertz CT molecular complexity index is 801. The lowest BCUT2D eigenvalue weighted by molar-refractivity contribution is -0.946. The minimum Gasteiger partial charge on any atom is -0.872 e. The zero-order chi connectivity index (χ0) is 17.0. The van der Waals surface area contributed by atoms with Crippen LogP contribution in [0.5, 0.6) is 11.5 Å². The topological polar surface area (TPSA) is 49.4 Å². The average molecular weight is 339 g/mol. The normalized spacial score (nSPS) is 43.6. The first-order valence-electron chi connectivity index (χ1n) is 9.90. The average Bonchev–Trinajstić information content (AvgIpc) is 3.32. The second-order valence-corrected chi connectivity index (χ2v) is 9.42. The van der Waals surface area contributed by atoms with Crippen LogP contribution in [0.25, 0.3) is 0 Å². The van der Waals surface area contributed by atoms with Gasteiger partial charge in [-0.15, -0.1) is 5.75 Å². The minimum absolute atomic E-state index is 0.156. The van der Waals surface area contributed by atoms with Crippen molar-refractivity contribution < 1.29 is 19.1 Å². The summed E-state index contributed by atoms with van der Waals surface area (Å²) in [6.45, 7) is 2.37. The molecule has 0 radical (unpaired) electrons. The quantitative estimate of drug-likeness (QED) is 0.774. The highest BCUT2D eigenvalue weighted by Crippen LogP contribution is 2.63. The van der Waals surface area contributed by atoms with E-state index in [1.54, 1.807) is 6.07 Å². The molecule has 4 nitrogen and oxygen atoms in total. The maximum atomic E-state index is 12.7. The number of benzene rings is 1. The van der Waals surface area contributed by atoms with E-state index < -0.39 is 0 Å². The number of carbonyl (C=O) groups excluding carboxylic acids is 1. The van der Waals surface area contributed by atoms with E-state index >= 15 is 0 Å². The molecule has 5 atom stereocenters. The number of hydrogen-bond donors (Lipinski definition) is 0.